The Hall–Kier alpha value is -3.03. The highest BCUT2D eigenvalue weighted by Crippen LogP contribution is 2.17. The Morgan fingerprint density at radius 3 is 2.50 bits per heavy atom. The van der Waals surface area contributed by atoms with Crippen LogP contribution in [0.5, 0.6) is 0 Å². The third-order valence-corrected chi connectivity index (χ3v) is 4.23. The number of amides is 1. The van der Waals surface area contributed by atoms with Crippen molar-refractivity contribution in [1.82, 2.24) is 20.9 Å². The smallest absolute Gasteiger partial charge is 0.407 e. The lowest BCUT2D eigenvalue weighted by atomic mass is 10.0. The molecule has 1 atom stereocenters. The first-order valence-electron chi connectivity index (χ1n) is 10.1. The summed E-state index contributed by atoms with van der Waals surface area (Å²) in [7, 11) is 1.69. The van der Waals surface area contributed by atoms with Gasteiger partial charge < -0.3 is 25.1 Å². The molecule has 1 amide bonds. The van der Waals surface area contributed by atoms with Crippen molar-refractivity contribution in [3.05, 3.63) is 42.3 Å². The van der Waals surface area contributed by atoms with Gasteiger partial charge >= 0.3 is 6.09 Å². The van der Waals surface area contributed by atoms with Crippen LogP contribution in [-0.4, -0.2) is 42.3 Å². The highest BCUT2D eigenvalue weighted by atomic mass is 16.6. The predicted molar refractivity (Wildman–Crippen MR) is 118 cm³/mol. The Morgan fingerprint density at radius 2 is 1.90 bits per heavy atom. The van der Waals surface area contributed by atoms with E-state index in [1.54, 1.807) is 13.3 Å². The maximum Gasteiger partial charge on any atom is 0.407 e. The fourth-order valence-corrected chi connectivity index (χ4v) is 2.62. The molecule has 8 heteroatoms. The summed E-state index contributed by atoms with van der Waals surface area (Å²) in [6.45, 7) is 10.6. The Kier molecular flexibility index (Phi) is 8.26. The summed E-state index contributed by atoms with van der Waals surface area (Å²) in [5, 5.41) is 9.36. The van der Waals surface area contributed by atoms with Gasteiger partial charge in [-0.2, -0.15) is 0 Å². The van der Waals surface area contributed by atoms with Crippen molar-refractivity contribution in [2.75, 3.05) is 13.6 Å². The van der Waals surface area contributed by atoms with Gasteiger partial charge in [-0.3, -0.25) is 4.99 Å². The molecule has 2 rings (SSSR count). The van der Waals surface area contributed by atoms with Crippen molar-refractivity contribution in [3.63, 3.8) is 0 Å². The lowest BCUT2D eigenvalue weighted by Gasteiger charge is -2.26. The van der Waals surface area contributed by atoms with Crippen LogP contribution in [0.1, 0.15) is 40.3 Å². The van der Waals surface area contributed by atoms with Crippen LogP contribution in [-0.2, 0) is 11.3 Å². The Morgan fingerprint density at radius 1 is 1.20 bits per heavy atom. The van der Waals surface area contributed by atoms with Gasteiger partial charge in [0.25, 0.3) is 0 Å². The van der Waals surface area contributed by atoms with Crippen LogP contribution in [0.25, 0.3) is 11.5 Å². The topological polar surface area (TPSA) is 101 Å². The van der Waals surface area contributed by atoms with Gasteiger partial charge in [-0.15, -0.1) is 0 Å². The molecule has 0 fully saturated rings. The third kappa shape index (κ3) is 7.77. The third-order valence-electron chi connectivity index (χ3n) is 4.23. The molecule has 0 aliphatic carbocycles. The second-order valence-corrected chi connectivity index (χ2v) is 8.31. The number of hydrogen-bond acceptors (Lipinski definition) is 5. The molecular formula is C22H33N5O3. The number of oxazole rings is 1. The van der Waals surface area contributed by atoms with Crippen molar-refractivity contribution in [2.24, 2.45) is 10.9 Å². The van der Waals surface area contributed by atoms with Crippen molar-refractivity contribution in [1.29, 1.82) is 0 Å². The quantitative estimate of drug-likeness (QED) is 0.472. The molecule has 2 aromatic rings. The number of alkyl carbamates (subject to hydrolysis) is 1. The summed E-state index contributed by atoms with van der Waals surface area (Å²) in [5.74, 6) is 1.40. The maximum atomic E-state index is 12.1. The minimum atomic E-state index is -0.535. The van der Waals surface area contributed by atoms with Gasteiger partial charge in [0.2, 0.25) is 5.89 Å². The van der Waals surface area contributed by atoms with E-state index in [0.29, 0.717) is 24.9 Å². The van der Waals surface area contributed by atoms with Crippen LogP contribution in [0.2, 0.25) is 0 Å². The molecule has 0 radical (unpaired) electrons. The van der Waals surface area contributed by atoms with Gasteiger partial charge in [0.05, 0.1) is 18.3 Å². The van der Waals surface area contributed by atoms with Crippen LogP contribution in [0.15, 0.2) is 46.0 Å². The van der Waals surface area contributed by atoms with Crippen molar-refractivity contribution in [3.8, 4) is 11.5 Å². The number of nitrogens with one attached hydrogen (secondary N) is 3. The summed E-state index contributed by atoms with van der Waals surface area (Å²) in [6.07, 6.45) is 1.20. The van der Waals surface area contributed by atoms with Gasteiger partial charge in [-0.25, -0.2) is 9.78 Å². The SMILES string of the molecule is CN=C(NCc1coc(-c2ccccc2)n1)NCC(NC(=O)OC(C)(C)C)C(C)C. The highest BCUT2D eigenvalue weighted by Gasteiger charge is 2.21. The van der Waals surface area contributed by atoms with Crippen LogP contribution in [0.3, 0.4) is 0 Å². The minimum Gasteiger partial charge on any atom is -0.444 e. The molecular weight excluding hydrogens is 382 g/mol. The lowest BCUT2D eigenvalue weighted by Crippen LogP contribution is -2.50. The van der Waals surface area contributed by atoms with E-state index in [4.69, 9.17) is 9.15 Å². The number of guanidine groups is 1. The first-order valence-corrected chi connectivity index (χ1v) is 10.1. The molecule has 0 aliphatic heterocycles. The van der Waals surface area contributed by atoms with Gasteiger partial charge in [-0.05, 0) is 38.8 Å². The van der Waals surface area contributed by atoms with E-state index in [2.05, 4.69) is 25.9 Å². The molecule has 1 unspecified atom stereocenters. The van der Waals surface area contributed by atoms with Gasteiger partial charge in [0.15, 0.2) is 5.96 Å². The molecule has 30 heavy (non-hydrogen) atoms. The fraction of sp³-hybridized carbons (Fsp3) is 0.500. The number of ether oxygens (including phenoxy) is 1. The Bertz CT molecular complexity index is 825. The summed E-state index contributed by atoms with van der Waals surface area (Å²) in [4.78, 5) is 20.8. The molecule has 0 saturated heterocycles. The summed E-state index contributed by atoms with van der Waals surface area (Å²) < 4.78 is 10.9. The molecule has 0 aliphatic rings. The highest BCUT2D eigenvalue weighted by molar-refractivity contribution is 5.79. The number of nitrogens with zero attached hydrogens (tertiary/aromatic N) is 2. The van der Waals surface area contributed by atoms with E-state index in [-0.39, 0.29) is 12.0 Å². The van der Waals surface area contributed by atoms with Crippen molar-refractivity contribution >= 4 is 12.1 Å². The second-order valence-electron chi connectivity index (χ2n) is 8.31. The van der Waals surface area contributed by atoms with Crippen LogP contribution >= 0.6 is 0 Å². The van der Waals surface area contributed by atoms with E-state index in [0.717, 1.165) is 11.3 Å². The van der Waals surface area contributed by atoms with Crippen LogP contribution in [0.4, 0.5) is 4.79 Å². The van der Waals surface area contributed by atoms with Crippen LogP contribution in [0, 0.1) is 5.92 Å². The number of aromatic nitrogens is 1. The Balaban J connectivity index is 1.86. The largest absolute Gasteiger partial charge is 0.444 e. The first kappa shape index (κ1) is 23.3. The van der Waals surface area contributed by atoms with E-state index in [1.165, 1.54) is 0 Å². The molecule has 3 N–H and O–H groups in total. The number of benzene rings is 1. The molecule has 0 saturated carbocycles. The standard InChI is InChI=1S/C22H33N5O3/c1-15(2)18(27-21(28)30-22(3,4)5)13-25-20(23-6)24-12-17-14-29-19(26-17)16-10-8-7-9-11-16/h7-11,14-15,18H,12-13H2,1-6H3,(H,27,28)(H2,23,24,25). The predicted octanol–water partition coefficient (Wildman–Crippen LogP) is 3.56. The Labute approximate surface area is 178 Å². The van der Waals surface area contributed by atoms with Gasteiger partial charge in [0, 0.05) is 19.2 Å². The molecule has 0 bridgehead atoms. The number of hydrogen-bond donors (Lipinski definition) is 3. The fourth-order valence-electron chi connectivity index (χ4n) is 2.62. The van der Waals surface area contributed by atoms with Crippen LogP contribution < -0.4 is 16.0 Å². The monoisotopic (exact) mass is 415 g/mol. The number of rotatable bonds is 7. The number of carbonyl (C=O) groups is 1. The summed E-state index contributed by atoms with van der Waals surface area (Å²) in [6, 6.07) is 9.63. The normalized spacial score (nSPS) is 13.1. The first-order chi connectivity index (χ1) is 14.2. The number of aliphatic imine (C=N–C) groups is 1. The summed E-state index contributed by atoms with van der Waals surface area (Å²) >= 11 is 0. The zero-order valence-corrected chi connectivity index (χ0v) is 18.7. The molecule has 164 valence electrons. The van der Waals surface area contributed by atoms with E-state index >= 15 is 0 Å². The maximum absolute atomic E-state index is 12.1. The minimum absolute atomic E-state index is 0.116. The molecule has 1 aromatic carbocycles. The van der Waals surface area contributed by atoms with Crippen molar-refractivity contribution < 1.29 is 13.9 Å². The van der Waals surface area contributed by atoms with E-state index in [9.17, 15) is 4.79 Å². The van der Waals surface area contributed by atoms with Gasteiger partial charge in [-0.1, -0.05) is 32.0 Å². The van der Waals surface area contributed by atoms with E-state index in [1.807, 2.05) is 65.0 Å². The molecule has 8 nitrogen and oxygen atoms in total. The zero-order valence-electron chi connectivity index (χ0n) is 18.7. The van der Waals surface area contributed by atoms with E-state index < -0.39 is 11.7 Å². The lowest BCUT2D eigenvalue weighted by molar-refractivity contribution is 0.0491. The molecule has 1 heterocycles. The summed E-state index contributed by atoms with van der Waals surface area (Å²) in [5.41, 5.74) is 1.16. The molecule has 0 spiro atoms. The average molecular weight is 416 g/mol. The van der Waals surface area contributed by atoms with Crippen molar-refractivity contribution in [2.45, 2.75) is 52.8 Å². The number of carbonyl (C=O) groups excluding carboxylic acids is 1. The average Bonchev–Trinajstić information content (AvgIpc) is 3.15. The second kappa shape index (κ2) is 10.7. The molecule has 1 aromatic heterocycles. The zero-order chi connectivity index (χ0) is 22.1. The van der Waals surface area contributed by atoms with Gasteiger partial charge in [0.1, 0.15) is 11.9 Å².